The molecule has 0 aliphatic heterocycles. The van der Waals surface area contributed by atoms with Crippen molar-refractivity contribution in [2.45, 2.75) is 114 Å². The van der Waals surface area contributed by atoms with Crippen molar-refractivity contribution >= 4 is 16.5 Å². The van der Waals surface area contributed by atoms with E-state index in [9.17, 15) is 0 Å². The van der Waals surface area contributed by atoms with E-state index in [4.69, 9.17) is 0 Å². The van der Waals surface area contributed by atoms with Crippen LogP contribution < -0.4 is 0 Å². The molecule has 0 bridgehead atoms. The second-order valence-corrected chi connectivity index (χ2v) is 12.6. The van der Waals surface area contributed by atoms with Crippen molar-refractivity contribution in [1.82, 2.24) is 0 Å². The van der Waals surface area contributed by atoms with Crippen molar-refractivity contribution in [3.8, 4) is 0 Å². The maximum absolute atomic E-state index is 1.62. The van der Waals surface area contributed by atoms with E-state index >= 15 is 0 Å². The van der Waals surface area contributed by atoms with Gasteiger partial charge >= 0.3 is 131 Å². The Morgan fingerprint density at radius 1 is 0.500 bits per heavy atom. The van der Waals surface area contributed by atoms with Gasteiger partial charge < -0.3 is 0 Å². The first-order valence-electron chi connectivity index (χ1n) is 9.68. The Kier molecular flexibility index (Phi) is 9.84. The van der Waals surface area contributed by atoms with Gasteiger partial charge in [-0.2, -0.15) is 0 Å². The molecule has 2 rings (SSSR count). The molecule has 2 saturated carbocycles. The van der Waals surface area contributed by atoms with E-state index in [2.05, 4.69) is 0 Å². The first-order chi connectivity index (χ1) is 9.95. The van der Waals surface area contributed by atoms with E-state index in [1.54, 1.807) is 51.4 Å². The van der Waals surface area contributed by atoms with Crippen LogP contribution in [-0.2, 0) is 0 Å². The fraction of sp³-hybridized carbons (Fsp3) is 1.00. The molecule has 2 aliphatic rings. The Morgan fingerprint density at radius 3 is 1.40 bits per heavy atom. The van der Waals surface area contributed by atoms with E-state index in [0.717, 1.165) is 0 Å². The Labute approximate surface area is 131 Å². The molecule has 0 nitrogen and oxygen atoms in total. The molecule has 1 unspecified atom stereocenters. The maximum atomic E-state index is 1.62. The molecule has 0 spiro atoms. The molecule has 0 amide bonds. The molecule has 20 heavy (non-hydrogen) atoms. The van der Waals surface area contributed by atoms with Crippen LogP contribution in [0.15, 0.2) is 0 Å². The summed E-state index contributed by atoms with van der Waals surface area (Å²) in [4.78, 5) is 0. The van der Waals surface area contributed by atoms with Crippen LogP contribution in [0.4, 0.5) is 0 Å². The molecule has 0 aromatic heterocycles. The molecule has 0 heterocycles. The summed E-state index contributed by atoms with van der Waals surface area (Å²) in [5.74, 6) is 0. The molecule has 0 N–H and O–H groups in total. The first kappa shape index (κ1) is 17.2. The van der Waals surface area contributed by atoms with Crippen LogP contribution in [-0.4, -0.2) is 11.3 Å². The van der Waals surface area contributed by atoms with Crippen molar-refractivity contribution in [3.05, 3.63) is 0 Å². The van der Waals surface area contributed by atoms with Gasteiger partial charge in [-0.25, -0.2) is 0 Å². The van der Waals surface area contributed by atoms with Crippen molar-refractivity contribution in [3.63, 3.8) is 0 Å². The SMILES string of the molecule is C1CCCCC(P[PH3]C2CCCCCCCC2)CCC1. The van der Waals surface area contributed by atoms with Gasteiger partial charge in [0.2, 0.25) is 0 Å². The third-order valence-electron chi connectivity index (χ3n) is 5.53. The predicted molar refractivity (Wildman–Crippen MR) is 101 cm³/mol. The summed E-state index contributed by atoms with van der Waals surface area (Å²) in [5, 5.41) is 0. The minimum absolute atomic E-state index is 0.257. The molecule has 2 fully saturated rings. The van der Waals surface area contributed by atoms with Gasteiger partial charge in [0, 0.05) is 0 Å². The molecule has 1 atom stereocenters. The molecule has 0 radical (unpaired) electrons. The molecule has 0 aromatic carbocycles. The Morgan fingerprint density at radius 2 is 0.900 bits per heavy atom. The van der Waals surface area contributed by atoms with Crippen LogP contribution in [0.2, 0.25) is 0 Å². The molecular weight excluding hydrogens is 278 g/mol. The van der Waals surface area contributed by atoms with E-state index in [-0.39, 0.29) is 8.27 Å². The zero-order valence-electron chi connectivity index (χ0n) is 13.7. The average molecular weight is 316 g/mol. The summed E-state index contributed by atoms with van der Waals surface area (Å²) in [6.45, 7) is 0. The van der Waals surface area contributed by atoms with Crippen molar-refractivity contribution in [1.29, 1.82) is 0 Å². The topological polar surface area (TPSA) is 0 Å². The standard InChI is InChI=1S/C18H38P2/c1-2-6-10-14-17(13-9-5-1)19-20-18-15-11-7-3-4-8-12-16-18/h17-19H,1-16H2,20H3. The third kappa shape index (κ3) is 7.75. The van der Waals surface area contributed by atoms with Gasteiger partial charge in [0.1, 0.15) is 0 Å². The average Bonchev–Trinajstić information content (AvgIpc) is 2.68. The summed E-state index contributed by atoms with van der Waals surface area (Å²) in [5.41, 5.74) is 2.41. The monoisotopic (exact) mass is 316 g/mol. The van der Waals surface area contributed by atoms with E-state index in [1.807, 2.05) is 0 Å². The normalized spacial score (nSPS) is 26.6. The second kappa shape index (κ2) is 11.4. The Hall–Kier alpha value is 0.860. The summed E-state index contributed by atoms with van der Waals surface area (Å²) in [6, 6.07) is 0. The molecule has 2 heteroatoms. The minimum atomic E-state index is 0.257. The fourth-order valence-electron chi connectivity index (χ4n) is 4.09. The number of hydrogen-bond acceptors (Lipinski definition) is 0. The van der Waals surface area contributed by atoms with E-state index in [1.165, 1.54) is 71.0 Å². The Bertz CT molecular complexity index is 185. The predicted octanol–water partition coefficient (Wildman–Crippen LogP) is 6.73. The zero-order chi connectivity index (χ0) is 13.9. The summed E-state index contributed by atoms with van der Waals surface area (Å²) >= 11 is 0. The zero-order valence-corrected chi connectivity index (χ0v) is 16.1. The molecular formula is C18H38P2. The third-order valence-corrected chi connectivity index (χ3v) is 12.5. The van der Waals surface area contributed by atoms with Crippen molar-refractivity contribution < 1.29 is 0 Å². The summed E-state index contributed by atoms with van der Waals surface area (Å²) in [7, 11) is 1.69. The fourth-order valence-corrected chi connectivity index (χ4v) is 11.0. The van der Waals surface area contributed by atoms with Crippen LogP contribution >= 0.6 is 16.5 Å². The van der Waals surface area contributed by atoms with Gasteiger partial charge in [0.25, 0.3) is 0 Å². The Balaban J connectivity index is 1.67. The van der Waals surface area contributed by atoms with Crippen molar-refractivity contribution in [2.75, 3.05) is 0 Å². The molecule has 0 aromatic rings. The number of rotatable bonds is 3. The van der Waals surface area contributed by atoms with Crippen LogP contribution in [0.25, 0.3) is 0 Å². The molecule has 0 saturated heterocycles. The van der Waals surface area contributed by atoms with Crippen LogP contribution in [0, 0.1) is 0 Å². The van der Waals surface area contributed by atoms with Gasteiger partial charge in [0.15, 0.2) is 0 Å². The summed E-state index contributed by atoms with van der Waals surface area (Å²) < 4.78 is 0. The van der Waals surface area contributed by atoms with Crippen LogP contribution in [0.5, 0.6) is 0 Å². The number of hydrogen-bond donors (Lipinski definition) is 0. The van der Waals surface area contributed by atoms with Gasteiger partial charge in [0.05, 0.1) is 0 Å². The van der Waals surface area contributed by atoms with Crippen LogP contribution in [0.1, 0.15) is 103 Å². The van der Waals surface area contributed by atoms with Gasteiger partial charge in [-0.05, 0) is 0 Å². The van der Waals surface area contributed by atoms with Crippen molar-refractivity contribution in [2.24, 2.45) is 0 Å². The molecule has 2 aliphatic carbocycles. The van der Waals surface area contributed by atoms with Crippen LogP contribution in [0.3, 0.4) is 0 Å². The summed E-state index contributed by atoms with van der Waals surface area (Å²) in [6.07, 6.45) is 24.9. The molecule has 120 valence electrons. The van der Waals surface area contributed by atoms with Gasteiger partial charge in [-0.3, -0.25) is 0 Å². The second-order valence-electron chi connectivity index (χ2n) is 7.37. The van der Waals surface area contributed by atoms with E-state index in [0.29, 0.717) is 0 Å². The van der Waals surface area contributed by atoms with Gasteiger partial charge in [-0.15, -0.1) is 0 Å². The van der Waals surface area contributed by atoms with Gasteiger partial charge in [-0.1, -0.05) is 0 Å². The first-order valence-corrected chi connectivity index (χ1v) is 13.9. The van der Waals surface area contributed by atoms with E-state index < -0.39 is 0 Å². The quantitative estimate of drug-likeness (QED) is 0.506.